The number of hydrogen-bond donors (Lipinski definition) is 2. The molecule has 0 rings (SSSR count). The normalized spacial score (nSPS) is 12.1. The minimum absolute atomic E-state index is 0.0765. The Bertz CT molecular complexity index is 201. The van der Waals surface area contributed by atoms with Gasteiger partial charge in [-0.15, -0.1) is 6.58 Å². The molecule has 0 aliphatic rings. The van der Waals surface area contributed by atoms with Crippen molar-refractivity contribution >= 4 is 11.8 Å². The summed E-state index contributed by atoms with van der Waals surface area (Å²) in [4.78, 5) is 21.2. The topological polar surface area (TPSA) is 80.4 Å². The summed E-state index contributed by atoms with van der Waals surface area (Å²) in [7, 11) is 0. The number of allylic oxidation sites excluding steroid dienone is 1. The fourth-order valence-electron chi connectivity index (χ4n) is 0.906. The number of aliphatic carboxylic acids is 1. The van der Waals surface area contributed by atoms with Crippen LogP contribution in [0.15, 0.2) is 12.7 Å². The van der Waals surface area contributed by atoms with Crippen molar-refractivity contribution in [3.05, 3.63) is 12.7 Å². The number of hydrogen-bond acceptors (Lipinski definition) is 3. The Morgan fingerprint density at radius 3 is 2.62 bits per heavy atom. The average molecular weight is 185 g/mol. The van der Waals surface area contributed by atoms with Gasteiger partial charge in [-0.05, 0) is 12.8 Å². The smallest absolute Gasteiger partial charge is 0.320 e. The van der Waals surface area contributed by atoms with E-state index in [0.717, 1.165) is 0 Å². The third kappa shape index (κ3) is 6.04. The van der Waals surface area contributed by atoms with Crippen molar-refractivity contribution in [1.82, 2.24) is 0 Å². The Morgan fingerprint density at radius 2 is 2.15 bits per heavy atom. The summed E-state index contributed by atoms with van der Waals surface area (Å²) >= 11 is 0. The van der Waals surface area contributed by atoms with Gasteiger partial charge in [0.15, 0.2) is 0 Å². The van der Waals surface area contributed by atoms with Crippen molar-refractivity contribution in [2.24, 2.45) is 5.73 Å². The molecule has 0 aliphatic heterocycles. The number of carboxylic acid groups (broad SMARTS) is 1. The van der Waals surface area contributed by atoms with E-state index in [4.69, 9.17) is 10.8 Å². The predicted molar refractivity (Wildman–Crippen MR) is 49.3 cm³/mol. The lowest BCUT2D eigenvalue weighted by Gasteiger charge is -2.04. The molecule has 1 atom stereocenters. The number of nitrogens with two attached hydrogens (primary N) is 1. The fraction of sp³-hybridized carbons (Fsp3) is 0.556. The predicted octanol–water partition coefficient (Wildman–Crippen LogP) is 0.714. The van der Waals surface area contributed by atoms with Gasteiger partial charge in [0.05, 0.1) is 0 Å². The van der Waals surface area contributed by atoms with Crippen LogP contribution in [-0.4, -0.2) is 22.9 Å². The van der Waals surface area contributed by atoms with E-state index >= 15 is 0 Å². The largest absolute Gasteiger partial charge is 0.480 e. The molecule has 4 nitrogen and oxygen atoms in total. The van der Waals surface area contributed by atoms with Crippen LogP contribution in [0.2, 0.25) is 0 Å². The minimum Gasteiger partial charge on any atom is -0.480 e. The number of carbonyl (C=O) groups is 2. The van der Waals surface area contributed by atoms with E-state index in [9.17, 15) is 9.59 Å². The molecular formula is C9H15NO3. The van der Waals surface area contributed by atoms with E-state index in [1.54, 1.807) is 6.08 Å². The molecule has 0 saturated carbocycles. The van der Waals surface area contributed by atoms with Crippen LogP contribution >= 0.6 is 0 Å². The van der Waals surface area contributed by atoms with Gasteiger partial charge in [0, 0.05) is 12.8 Å². The van der Waals surface area contributed by atoms with Gasteiger partial charge in [0.25, 0.3) is 0 Å². The first-order valence-corrected chi connectivity index (χ1v) is 4.19. The molecule has 0 amide bonds. The molecule has 13 heavy (non-hydrogen) atoms. The molecule has 0 spiro atoms. The van der Waals surface area contributed by atoms with Gasteiger partial charge in [-0.25, -0.2) is 0 Å². The number of carbonyl (C=O) groups excluding carboxylic acids is 1. The van der Waals surface area contributed by atoms with Gasteiger partial charge in [-0.1, -0.05) is 6.08 Å². The summed E-state index contributed by atoms with van der Waals surface area (Å²) in [6, 6.07) is -0.850. The van der Waals surface area contributed by atoms with E-state index in [-0.39, 0.29) is 5.78 Å². The molecule has 0 aromatic carbocycles. The SMILES string of the molecule is C=CCC(=O)CCCC(N)C(=O)O. The zero-order valence-corrected chi connectivity index (χ0v) is 7.53. The average Bonchev–Trinajstić information content (AvgIpc) is 2.04. The molecule has 0 fully saturated rings. The standard InChI is InChI=1S/C9H15NO3/c1-2-4-7(11)5-3-6-8(10)9(12)13/h2,8H,1,3-6,10H2,(H,12,13). The maximum absolute atomic E-state index is 10.9. The third-order valence-corrected chi connectivity index (χ3v) is 1.66. The molecule has 0 radical (unpaired) electrons. The lowest BCUT2D eigenvalue weighted by atomic mass is 10.1. The Balaban J connectivity index is 3.50. The third-order valence-electron chi connectivity index (χ3n) is 1.66. The van der Waals surface area contributed by atoms with Crippen LogP contribution in [0.1, 0.15) is 25.7 Å². The van der Waals surface area contributed by atoms with E-state index in [1.165, 1.54) is 0 Å². The molecule has 0 heterocycles. The summed E-state index contributed by atoms with van der Waals surface area (Å²) in [6.45, 7) is 3.43. The van der Waals surface area contributed by atoms with Crippen LogP contribution < -0.4 is 5.73 Å². The van der Waals surface area contributed by atoms with Crippen LogP contribution in [0.3, 0.4) is 0 Å². The lowest BCUT2D eigenvalue weighted by Crippen LogP contribution is -2.29. The van der Waals surface area contributed by atoms with Crippen LogP contribution in [0.4, 0.5) is 0 Å². The van der Waals surface area contributed by atoms with Gasteiger partial charge in [0.2, 0.25) is 0 Å². The zero-order valence-electron chi connectivity index (χ0n) is 7.53. The summed E-state index contributed by atoms with van der Waals surface area (Å²) in [6.07, 6.45) is 3.15. The van der Waals surface area contributed by atoms with Crippen LogP contribution in [0.5, 0.6) is 0 Å². The van der Waals surface area contributed by atoms with Crippen molar-refractivity contribution in [2.75, 3.05) is 0 Å². The Kier molecular flexibility index (Phi) is 5.80. The second-order valence-corrected chi connectivity index (χ2v) is 2.87. The van der Waals surface area contributed by atoms with E-state index < -0.39 is 12.0 Å². The second kappa shape index (κ2) is 6.37. The Hall–Kier alpha value is -1.16. The number of rotatable bonds is 7. The summed E-state index contributed by atoms with van der Waals surface area (Å²) in [5.41, 5.74) is 5.25. The van der Waals surface area contributed by atoms with Gasteiger partial charge in [-0.3, -0.25) is 9.59 Å². The number of ketones is 1. The van der Waals surface area contributed by atoms with Crippen LogP contribution in [0.25, 0.3) is 0 Å². The molecule has 3 N–H and O–H groups in total. The molecule has 0 aromatic heterocycles. The molecule has 0 saturated heterocycles. The Labute approximate surface area is 77.4 Å². The molecule has 0 aromatic rings. The van der Waals surface area contributed by atoms with Crippen LogP contribution in [-0.2, 0) is 9.59 Å². The summed E-state index contributed by atoms with van der Waals surface area (Å²) in [5.74, 6) is -0.941. The van der Waals surface area contributed by atoms with E-state index in [1.807, 2.05) is 0 Å². The summed E-state index contributed by atoms with van der Waals surface area (Å²) < 4.78 is 0. The fourth-order valence-corrected chi connectivity index (χ4v) is 0.906. The molecule has 1 unspecified atom stereocenters. The lowest BCUT2D eigenvalue weighted by molar-refractivity contribution is -0.138. The van der Waals surface area contributed by atoms with Crippen LogP contribution in [0, 0.1) is 0 Å². The minimum atomic E-state index is -1.02. The maximum Gasteiger partial charge on any atom is 0.320 e. The molecular weight excluding hydrogens is 170 g/mol. The van der Waals surface area contributed by atoms with Gasteiger partial charge in [0.1, 0.15) is 11.8 Å². The highest BCUT2D eigenvalue weighted by Gasteiger charge is 2.11. The van der Waals surface area contributed by atoms with Gasteiger partial charge < -0.3 is 10.8 Å². The van der Waals surface area contributed by atoms with E-state index in [2.05, 4.69) is 6.58 Å². The highest BCUT2D eigenvalue weighted by atomic mass is 16.4. The number of carboxylic acids is 1. The molecule has 74 valence electrons. The monoisotopic (exact) mass is 185 g/mol. The first-order chi connectivity index (χ1) is 6.07. The second-order valence-electron chi connectivity index (χ2n) is 2.87. The first kappa shape index (κ1) is 11.8. The van der Waals surface area contributed by atoms with Crippen molar-refractivity contribution < 1.29 is 14.7 Å². The van der Waals surface area contributed by atoms with E-state index in [0.29, 0.717) is 25.7 Å². The van der Waals surface area contributed by atoms with Crippen molar-refractivity contribution in [3.63, 3.8) is 0 Å². The van der Waals surface area contributed by atoms with Gasteiger partial charge >= 0.3 is 5.97 Å². The van der Waals surface area contributed by atoms with Crippen molar-refractivity contribution in [1.29, 1.82) is 0 Å². The quantitative estimate of drug-likeness (QED) is 0.572. The molecule has 0 aliphatic carbocycles. The first-order valence-electron chi connectivity index (χ1n) is 4.19. The summed E-state index contributed by atoms with van der Waals surface area (Å²) in [5, 5.41) is 8.42. The maximum atomic E-state index is 10.9. The highest BCUT2D eigenvalue weighted by Crippen LogP contribution is 2.02. The van der Waals surface area contributed by atoms with Crippen molar-refractivity contribution in [2.45, 2.75) is 31.7 Å². The highest BCUT2D eigenvalue weighted by molar-refractivity contribution is 5.79. The van der Waals surface area contributed by atoms with Crippen molar-refractivity contribution in [3.8, 4) is 0 Å². The van der Waals surface area contributed by atoms with Gasteiger partial charge in [-0.2, -0.15) is 0 Å². The molecule has 4 heteroatoms. The zero-order chi connectivity index (χ0) is 10.3. The Morgan fingerprint density at radius 1 is 1.54 bits per heavy atom. The number of Topliss-reactive ketones (excluding diaryl/α,β-unsaturated/α-hetero) is 1. The molecule has 0 bridgehead atoms.